The number of hydrogen-bond acceptors (Lipinski definition) is 3. The Labute approximate surface area is 115 Å². The largest absolute Gasteiger partial charge is 0.469 e. The number of benzene rings is 1. The van der Waals surface area contributed by atoms with E-state index in [1.807, 2.05) is 24.3 Å². The van der Waals surface area contributed by atoms with Gasteiger partial charge in [-0.2, -0.15) is 0 Å². The molecular weight excluding hydrogens is 250 g/mol. The SMILES string of the molecule is CCc1ccc([C@H](N)C(C)(C)C(=O)OC)cc1.Cl. The first kappa shape index (κ1) is 16.9. The number of nitrogens with two attached hydrogens (primary N) is 1. The van der Waals surface area contributed by atoms with Crippen LogP contribution < -0.4 is 5.73 Å². The van der Waals surface area contributed by atoms with Crippen molar-refractivity contribution >= 4 is 18.4 Å². The topological polar surface area (TPSA) is 52.3 Å². The first-order chi connectivity index (χ1) is 7.93. The average Bonchev–Trinajstić information content (AvgIpc) is 2.36. The van der Waals surface area contributed by atoms with Crippen molar-refractivity contribution in [2.75, 3.05) is 7.11 Å². The maximum Gasteiger partial charge on any atom is 0.313 e. The van der Waals surface area contributed by atoms with Gasteiger partial charge in [0, 0.05) is 6.04 Å². The van der Waals surface area contributed by atoms with E-state index < -0.39 is 5.41 Å². The lowest BCUT2D eigenvalue weighted by Crippen LogP contribution is -2.37. The summed E-state index contributed by atoms with van der Waals surface area (Å²) in [4.78, 5) is 11.7. The molecule has 0 aliphatic heterocycles. The van der Waals surface area contributed by atoms with Crippen LogP contribution in [0, 0.1) is 5.41 Å². The lowest BCUT2D eigenvalue weighted by Gasteiger charge is -2.29. The number of carbonyl (C=O) groups is 1. The van der Waals surface area contributed by atoms with E-state index in [1.165, 1.54) is 12.7 Å². The molecule has 0 radical (unpaired) electrons. The molecule has 0 aromatic heterocycles. The summed E-state index contributed by atoms with van der Waals surface area (Å²) in [6.07, 6.45) is 0.996. The van der Waals surface area contributed by atoms with Crippen LogP contribution >= 0.6 is 12.4 Å². The summed E-state index contributed by atoms with van der Waals surface area (Å²) < 4.78 is 4.78. The van der Waals surface area contributed by atoms with Crippen molar-refractivity contribution in [3.05, 3.63) is 35.4 Å². The van der Waals surface area contributed by atoms with Gasteiger partial charge in [0.05, 0.1) is 12.5 Å². The van der Waals surface area contributed by atoms with E-state index in [1.54, 1.807) is 13.8 Å². The Hall–Kier alpha value is -1.06. The molecule has 1 aromatic carbocycles. The highest BCUT2D eigenvalue weighted by molar-refractivity contribution is 5.85. The zero-order valence-corrected chi connectivity index (χ0v) is 12.2. The summed E-state index contributed by atoms with van der Waals surface area (Å²) in [5, 5.41) is 0. The normalized spacial score (nSPS) is 12.5. The van der Waals surface area contributed by atoms with E-state index >= 15 is 0 Å². The van der Waals surface area contributed by atoms with Crippen LogP contribution in [0.15, 0.2) is 24.3 Å². The smallest absolute Gasteiger partial charge is 0.313 e. The fourth-order valence-corrected chi connectivity index (χ4v) is 1.77. The molecule has 1 atom stereocenters. The highest BCUT2D eigenvalue weighted by Gasteiger charge is 2.36. The molecule has 102 valence electrons. The Kier molecular flexibility index (Phi) is 6.36. The fourth-order valence-electron chi connectivity index (χ4n) is 1.77. The Morgan fingerprint density at radius 2 is 1.83 bits per heavy atom. The van der Waals surface area contributed by atoms with Crippen LogP contribution in [0.3, 0.4) is 0 Å². The number of halogens is 1. The van der Waals surface area contributed by atoms with Crippen molar-refractivity contribution in [2.24, 2.45) is 11.1 Å². The van der Waals surface area contributed by atoms with E-state index in [2.05, 4.69) is 6.92 Å². The van der Waals surface area contributed by atoms with E-state index in [9.17, 15) is 4.79 Å². The lowest BCUT2D eigenvalue weighted by atomic mass is 9.81. The molecular formula is C14H22ClNO2. The third kappa shape index (κ3) is 3.47. The van der Waals surface area contributed by atoms with E-state index in [0.29, 0.717) is 0 Å². The number of rotatable bonds is 4. The van der Waals surface area contributed by atoms with Crippen molar-refractivity contribution in [2.45, 2.75) is 33.2 Å². The average molecular weight is 272 g/mol. The van der Waals surface area contributed by atoms with Crippen LogP contribution in [0.5, 0.6) is 0 Å². The lowest BCUT2D eigenvalue weighted by molar-refractivity contribution is -0.152. The maximum absolute atomic E-state index is 11.7. The second-order valence-electron chi connectivity index (χ2n) is 4.79. The quantitative estimate of drug-likeness (QED) is 0.857. The minimum atomic E-state index is -0.720. The van der Waals surface area contributed by atoms with Gasteiger partial charge in [-0.3, -0.25) is 4.79 Å². The van der Waals surface area contributed by atoms with Crippen LogP contribution in [0.2, 0.25) is 0 Å². The number of carbonyl (C=O) groups excluding carboxylic acids is 1. The van der Waals surface area contributed by atoms with Gasteiger partial charge in [-0.1, -0.05) is 31.2 Å². The summed E-state index contributed by atoms with van der Waals surface area (Å²) in [5.74, 6) is -0.287. The Balaban J connectivity index is 0.00000289. The molecule has 0 bridgehead atoms. The number of esters is 1. The standard InChI is InChI=1S/C14H21NO2.ClH/c1-5-10-6-8-11(9-7-10)12(15)14(2,3)13(16)17-4;/h6-9,12H,5,15H2,1-4H3;1H/t12-;/m0./s1. The van der Waals surface area contributed by atoms with Crippen molar-refractivity contribution < 1.29 is 9.53 Å². The summed E-state index contributed by atoms with van der Waals surface area (Å²) in [6.45, 7) is 5.71. The predicted molar refractivity (Wildman–Crippen MR) is 75.8 cm³/mol. The highest BCUT2D eigenvalue weighted by Crippen LogP contribution is 2.32. The van der Waals surface area contributed by atoms with Crippen molar-refractivity contribution in [3.8, 4) is 0 Å². The second-order valence-corrected chi connectivity index (χ2v) is 4.79. The molecule has 18 heavy (non-hydrogen) atoms. The van der Waals surface area contributed by atoms with Crippen LogP contribution in [0.25, 0.3) is 0 Å². The molecule has 2 N–H and O–H groups in total. The van der Waals surface area contributed by atoms with Crippen molar-refractivity contribution in [3.63, 3.8) is 0 Å². The molecule has 0 saturated carbocycles. The highest BCUT2D eigenvalue weighted by atomic mass is 35.5. The first-order valence-electron chi connectivity index (χ1n) is 5.86. The summed E-state index contributed by atoms with van der Waals surface area (Å²) in [7, 11) is 1.39. The van der Waals surface area contributed by atoms with E-state index in [0.717, 1.165) is 12.0 Å². The predicted octanol–water partition coefficient (Wildman–Crippen LogP) is 2.87. The molecule has 1 aromatic rings. The fraction of sp³-hybridized carbons (Fsp3) is 0.500. The molecule has 1 rings (SSSR count). The number of ether oxygens (including phenoxy) is 1. The van der Waals surface area contributed by atoms with Crippen molar-refractivity contribution in [1.82, 2.24) is 0 Å². The third-order valence-corrected chi connectivity index (χ3v) is 3.24. The van der Waals surface area contributed by atoms with Gasteiger partial charge in [-0.05, 0) is 31.4 Å². The molecule has 4 heteroatoms. The second kappa shape index (κ2) is 6.76. The summed E-state index contributed by atoms with van der Waals surface area (Å²) >= 11 is 0. The molecule has 0 heterocycles. The van der Waals surface area contributed by atoms with Crippen molar-refractivity contribution in [1.29, 1.82) is 0 Å². The van der Waals surface area contributed by atoms with E-state index in [-0.39, 0.29) is 24.4 Å². The Morgan fingerprint density at radius 3 is 2.22 bits per heavy atom. The molecule has 0 spiro atoms. The van der Waals surface area contributed by atoms with Gasteiger partial charge < -0.3 is 10.5 Å². The summed E-state index contributed by atoms with van der Waals surface area (Å²) in [5.41, 5.74) is 7.64. The summed E-state index contributed by atoms with van der Waals surface area (Å²) in [6, 6.07) is 7.69. The van der Waals surface area contributed by atoms with Crippen LogP contribution in [0.1, 0.15) is 37.9 Å². The number of aryl methyl sites for hydroxylation is 1. The molecule has 0 aliphatic carbocycles. The first-order valence-corrected chi connectivity index (χ1v) is 5.86. The van der Waals surface area contributed by atoms with Gasteiger partial charge in [0.1, 0.15) is 0 Å². The molecule has 0 aliphatic rings. The van der Waals surface area contributed by atoms with E-state index in [4.69, 9.17) is 10.5 Å². The van der Waals surface area contributed by atoms with Gasteiger partial charge in [-0.25, -0.2) is 0 Å². The molecule has 0 unspecified atom stereocenters. The van der Waals surface area contributed by atoms with Crippen LogP contribution in [-0.4, -0.2) is 13.1 Å². The molecule has 0 saturated heterocycles. The molecule has 0 amide bonds. The Morgan fingerprint density at radius 1 is 1.33 bits per heavy atom. The third-order valence-electron chi connectivity index (χ3n) is 3.24. The maximum atomic E-state index is 11.7. The number of methoxy groups -OCH3 is 1. The Bertz CT molecular complexity index is 387. The molecule has 0 fully saturated rings. The zero-order chi connectivity index (χ0) is 13.1. The monoisotopic (exact) mass is 271 g/mol. The van der Waals surface area contributed by atoms with Gasteiger partial charge in [0.2, 0.25) is 0 Å². The minimum Gasteiger partial charge on any atom is -0.469 e. The van der Waals surface area contributed by atoms with Gasteiger partial charge in [0.25, 0.3) is 0 Å². The zero-order valence-electron chi connectivity index (χ0n) is 11.4. The van der Waals surface area contributed by atoms with Gasteiger partial charge >= 0.3 is 5.97 Å². The van der Waals surface area contributed by atoms with Gasteiger partial charge in [-0.15, -0.1) is 12.4 Å². The van der Waals surface area contributed by atoms with Crippen LogP contribution in [-0.2, 0) is 16.0 Å². The van der Waals surface area contributed by atoms with Gasteiger partial charge in [0.15, 0.2) is 0 Å². The molecule has 3 nitrogen and oxygen atoms in total. The van der Waals surface area contributed by atoms with Crippen LogP contribution in [0.4, 0.5) is 0 Å². The number of hydrogen-bond donors (Lipinski definition) is 1. The minimum absolute atomic E-state index is 0.